The van der Waals surface area contributed by atoms with Crippen LogP contribution in [0.5, 0.6) is 0 Å². The molecule has 0 spiro atoms. The Balaban J connectivity index is 1.98. The second-order valence-electron chi connectivity index (χ2n) is 6.55. The van der Waals surface area contributed by atoms with Gasteiger partial charge in [0.2, 0.25) is 0 Å². The first-order valence-corrected chi connectivity index (χ1v) is 9.84. The Bertz CT molecular complexity index is 461. The van der Waals surface area contributed by atoms with Gasteiger partial charge in [-0.25, -0.2) is 0 Å². The third-order valence-electron chi connectivity index (χ3n) is 4.49. The van der Waals surface area contributed by atoms with Crippen LogP contribution in [0.4, 0.5) is 0 Å². The SMILES string of the molecule is CCCCCCCCCCCCCCc1cc(Cl)ccc1C#N. The van der Waals surface area contributed by atoms with E-state index in [0.29, 0.717) is 0 Å². The topological polar surface area (TPSA) is 23.8 Å². The first-order chi connectivity index (χ1) is 11.3. The van der Waals surface area contributed by atoms with Crippen molar-refractivity contribution in [1.82, 2.24) is 0 Å². The molecule has 0 fully saturated rings. The van der Waals surface area contributed by atoms with Crippen molar-refractivity contribution < 1.29 is 0 Å². The van der Waals surface area contributed by atoms with Gasteiger partial charge in [-0.3, -0.25) is 0 Å². The van der Waals surface area contributed by atoms with Crippen LogP contribution >= 0.6 is 11.6 Å². The van der Waals surface area contributed by atoms with Crippen LogP contribution in [0.3, 0.4) is 0 Å². The summed E-state index contributed by atoms with van der Waals surface area (Å²) in [5, 5.41) is 9.84. The van der Waals surface area contributed by atoms with Gasteiger partial charge in [0.1, 0.15) is 0 Å². The quantitative estimate of drug-likeness (QED) is 0.344. The molecule has 0 atom stereocenters. The van der Waals surface area contributed by atoms with Crippen molar-refractivity contribution >= 4 is 11.6 Å². The van der Waals surface area contributed by atoms with Crippen molar-refractivity contribution in [3.05, 3.63) is 34.3 Å². The maximum Gasteiger partial charge on any atom is 0.0994 e. The summed E-state index contributed by atoms with van der Waals surface area (Å²) in [5.41, 5.74) is 1.88. The minimum atomic E-state index is 0.734. The normalized spacial score (nSPS) is 10.7. The molecular formula is C21H32ClN. The lowest BCUT2D eigenvalue weighted by molar-refractivity contribution is 0.544. The summed E-state index contributed by atoms with van der Waals surface area (Å²) in [5.74, 6) is 0. The van der Waals surface area contributed by atoms with Gasteiger partial charge in [-0.05, 0) is 36.6 Å². The zero-order valence-electron chi connectivity index (χ0n) is 14.7. The van der Waals surface area contributed by atoms with E-state index in [9.17, 15) is 0 Å². The van der Waals surface area contributed by atoms with Crippen LogP contribution in [0, 0.1) is 11.3 Å². The maximum atomic E-state index is 9.11. The lowest BCUT2D eigenvalue weighted by Crippen LogP contribution is -1.91. The molecule has 0 aliphatic carbocycles. The summed E-state index contributed by atoms with van der Waals surface area (Å²) in [6, 6.07) is 7.83. The van der Waals surface area contributed by atoms with Gasteiger partial charge in [-0.1, -0.05) is 89.2 Å². The molecule has 1 nitrogen and oxygen atoms in total. The van der Waals surface area contributed by atoms with Crippen molar-refractivity contribution in [1.29, 1.82) is 5.26 Å². The summed E-state index contributed by atoms with van der Waals surface area (Å²) < 4.78 is 0. The van der Waals surface area contributed by atoms with Crippen LogP contribution < -0.4 is 0 Å². The smallest absolute Gasteiger partial charge is 0.0994 e. The first kappa shape index (κ1) is 20.0. The average molecular weight is 334 g/mol. The van der Waals surface area contributed by atoms with E-state index < -0.39 is 0 Å². The van der Waals surface area contributed by atoms with Crippen molar-refractivity contribution in [3.8, 4) is 6.07 Å². The lowest BCUT2D eigenvalue weighted by atomic mass is 10.0. The molecule has 1 rings (SSSR count). The van der Waals surface area contributed by atoms with E-state index in [0.717, 1.165) is 29.0 Å². The first-order valence-electron chi connectivity index (χ1n) is 9.46. The highest BCUT2D eigenvalue weighted by Crippen LogP contribution is 2.18. The molecule has 0 aliphatic rings. The molecule has 0 amide bonds. The molecule has 0 saturated heterocycles. The molecule has 0 bridgehead atoms. The molecule has 0 N–H and O–H groups in total. The molecule has 1 aromatic carbocycles. The Morgan fingerprint density at radius 1 is 0.826 bits per heavy atom. The van der Waals surface area contributed by atoms with Crippen LogP contribution in [-0.4, -0.2) is 0 Å². The highest BCUT2D eigenvalue weighted by atomic mass is 35.5. The summed E-state index contributed by atoms with van der Waals surface area (Å²) in [6.07, 6.45) is 17.3. The standard InChI is InChI=1S/C21H32ClN/c1-2-3-4-5-6-7-8-9-10-11-12-13-14-19-17-21(22)16-15-20(19)18-23/h15-17H,2-14H2,1H3. The number of hydrogen-bond acceptors (Lipinski definition) is 1. The molecule has 0 aromatic heterocycles. The van der Waals surface area contributed by atoms with Gasteiger partial charge in [0, 0.05) is 5.02 Å². The summed E-state index contributed by atoms with van der Waals surface area (Å²) in [7, 11) is 0. The molecular weight excluding hydrogens is 302 g/mol. The Labute approximate surface area is 148 Å². The Morgan fingerprint density at radius 2 is 1.35 bits per heavy atom. The van der Waals surface area contributed by atoms with Crippen molar-refractivity contribution in [2.24, 2.45) is 0 Å². The monoisotopic (exact) mass is 333 g/mol. The second kappa shape index (κ2) is 13.4. The van der Waals surface area contributed by atoms with Gasteiger partial charge in [0.25, 0.3) is 0 Å². The fraction of sp³-hybridized carbons (Fsp3) is 0.667. The van der Waals surface area contributed by atoms with E-state index in [-0.39, 0.29) is 0 Å². The van der Waals surface area contributed by atoms with Crippen LogP contribution in [0.1, 0.15) is 95.1 Å². The van der Waals surface area contributed by atoms with Crippen molar-refractivity contribution in [2.75, 3.05) is 0 Å². The molecule has 23 heavy (non-hydrogen) atoms. The van der Waals surface area contributed by atoms with Crippen molar-refractivity contribution in [3.63, 3.8) is 0 Å². The third kappa shape index (κ3) is 9.67. The maximum absolute atomic E-state index is 9.11. The number of halogens is 1. The zero-order chi connectivity index (χ0) is 16.8. The van der Waals surface area contributed by atoms with Crippen molar-refractivity contribution in [2.45, 2.75) is 90.4 Å². The fourth-order valence-corrected chi connectivity index (χ4v) is 3.23. The number of aryl methyl sites for hydroxylation is 1. The molecule has 0 saturated carbocycles. The number of nitrogens with zero attached hydrogens (tertiary/aromatic N) is 1. The predicted molar refractivity (Wildman–Crippen MR) is 101 cm³/mol. The zero-order valence-corrected chi connectivity index (χ0v) is 15.5. The van der Waals surface area contributed by atoms with E-state index in [4.69, 9.17) is 16.9 Å². The lowest BCUT2D eigenvalue weighted by Gasteiger charge is -2.05. The molecule has 0 aliphatic heterocycles. The number of hydrogen-bond donors (Lipinski definition) is 0. The molecule has 0 heterocycles. The summed E-state index contributed by atoms with van der Waals surface area (Å²) in [4.78, 5) is 0. The second-order valence-corrected chi connectivity index (χ2v) is 6.99. The van der Waals surface area contributed by atoms with Crippen LogP contribution in [0.2, 0.25) is 5.02 Å². The molecule has 128 valence electrons. The third-order valence-corrected chi connectivity index (χ3v) is 4.72. The highest BCUT2D eigenvalue weighted by molar-refractivity contribution is 6.30. The molecule has 0 radical (unpaired) electrons. The molecule has 2 heteroatoms. The average Bonchev–Trinajstić information content (AvgIpc) is 2.56. The van der Waals surface area contributed by atoms with E-state index in [1.807, 2.05) is 12.1 Å². The van der Waals surface area contributed by atoms with Gasteiger partial charge < -0.3 is 0 Å². The van der Waals surface area contributed by atoms with Crippen LogP contribution in [0.15, 0.2) is 18.2 Å². The van der Waals surface area contributed by atoms with E-state index in [1.165, 1.54) is 70.6 Å². The summed E-state index contributed by atoms with van der Waals surface area (Å²) >= 11 is 6.02. The van der Waals surface area contributed by atoms with Gasteiger partial charge in [0.05, 0.1) is 11.6 Å². The van der Waals surface area contributed by atoms with Gasteiger partial charge in [-0.2, -0.15) is 5.26 Å². The number of unbranched alkanes of at least 4 members (excludes halogenated alkanes) is 11. The Morgan fingerprint density at radius 3 is 1.87 bits per heavy atom. The highest BCUT2D eigenvalue weighted by Gasteiger charge is 2.03. The Hall–Kier alpha value is -1.00. The minimum absolute atomic E-state index is 0.734. The molecule has 0 unspecified atom stereocenters. The van der Waals surface area contributed by atoms with Crippen LogP contribution in [-0.2, 0) is 6.42 Å². The van der Waals surface area contributed by atoms with E-state index >= 15 is 0 Å². The fourth-order valence-electron chi connectivity index (χ4n) is 3.03. The van der Waals surface area contributed by atoms with E-state index in [2.05, 4.69) is 13.0 Å². The van der Waals surface area contributed by atoms with Gasteiger partial charge in [0.15, 0.2) is 0 Å². The molecule has 1 aromatic rings. The van der Waals surface area contributed by atoms with Gasteiger partial charge in [-0.15, -0.1) is 0 Å². The number of rotatable bonds is 13. The minimum Gasteiger partial charge on any atom is -0.192 e. The predicted octanol–water partition coefficient (Wildman–Crippen LogP) is 7.46. The number of nitriles is 1. The number of benzene rings is 1. The Kier molecular flexibility index (Phi) is 11.7. The van der Waals surface area contributed by atoms with Crippen LogP contribution in [0.25, 0.3) is 0 Å². The van der Waals surface area contributed by atoms with Gasteiger partial charge >= 0.3 is 0 Å². The van der Waals surface area contributed by atoms with E-state index in [1.54, 1.807) is 6.07 Å². The summed E-state index contributed by atoms with van der Waals surface area (Å²) in [6.45, 7) is 2.27. The largest absolute Gasteiger partial charge is 0.192 e.